The van der Waals surface area contributed by atoms with Crippen LogP contribution in [0.15, 0.2) is 18.7 Å². The van der Waals surface area contributed by atoms with Crippen LogP contribution in [0.1, 0.15) is 13.8 Å². The second-order valence-corrected chi connectivity index (χ2v) is 4.34. The van der Waals surface area contributed by atoms with Crippen molar-refractivity contribution in [2.75, 3.05) is 19.7 Å². The molecule has 0 amide bonds. The number of aromatic nitrogens is 2. The summed E-state index contributed by atoms with van der Waals surface area (Å²) in [6.07, 6.45) is 5.94. The van der Waals surface area contributed by atoms with Gasteiger partial charge in [-0.3, -0.25) is 4.90 Å². The highest BCUT2D eigenvalue weighted by Gasteiger charge is 2.22. The van der Waals surface area contributed by atoms with E-state index in [1.54, 1.807) is 0 Å². The van der Waals surface area contributed by atoms with E-state index >= 15 is 0 Å². The first-order chi connectivity index (χ1) is 7.25. The van der Waals surface area contributed by atoms with Crippen LogP contribution in [0.5, 0.6) is 0 Å². The molecule has 0 spiro atoms. The predicted molar refractivity (Wildman–Crippen MR) is 58.7 cm³/mol. The standard InChI is InChI=1S/C11H19N3O/c1-10(2)14-5-6-15-11(8-14)7-13-4-3-12-9-13/h3-4,9-11H,5-8H2,1-2H3/t11-/m0/s1. The molecular weight excluding hydrogens is 190 g/mol. The second kappa shape index (κ2) is 4.77. The van der Waals surface area contributed by atoms with Gasteiger partial charge in [0.05, 0.1) is 25.6 Å². The van der Waals surface area contributed by atoms with Gasteiger partial charge in [0.2, 0.25) is 0 Å². The fourth-order valence-electron chi connectivity index (χ4n) is 1.95. The minimum absolute atomic E-state index is 0.301. The highest BCUT2D eigenvalue weighted by molar-refractivity contribution is 4.79. The third-order valence-corrected chi connectivity index (χ3v) is 2.87. The zero-order valence-corrected chi connectivity index (χ0v) is 9.47. The van der Waals surface area contributed by atoms with Crippen LogP contribution in [0.25, 0.3) is 0 Å². The number of imidazole rings is 1. The molecule has 4 heteroatoms. The summed E-state index contributed by atoms with van der Waals surface area (Å²) >= 11 is 0. The zero-order valence-electron chi connectivity index (χ0n) is 9.47. The molecule has 4 nitrogen and oxygen atoms in total. The van der Waals surface area contributed by atoms with Gasteiger partial charge in [-0.15, -0.1) is 0 Å². The molecule has 0 saturated carbocycles. The van der Waals surface area contributed by atoms with E-state index in [9.17, 15) is 0 Å². The number of rotatable bonds is 3. The maximum atomic E-state index is 5.74. The Kier molecular flexibility index (Phi) is 3.38. The summed E-state index contributed by atoms with van der Waals surface area (Å²) in [4.78, 5) is 6.50. The summed E-state index contributed by atoms with van der Waals surface area (Å²) in [5.41, 5.74) is 0. The van der Waals surface area contributed by atoms with Gasteiger partial charge in [0.25, 0.3) is 0 Å². The highest BCUT2D eigenvalue weighted by atomic mass is 16.5. The maximum absolute atomic E-state index is 5.74. The lowest BCUT2D eigenvalue weighted by atomic mass is 10.2. The lowest BCUT2D eigenvalue weighted by Crippen LogP contribution is -2.47. The minimum atomic E-state index is 0.301. The third-order valence-electron chi connectivity index (χ3n) is 2.87. The molecule has 1 fully saturated rings. The van der Waals surface area contributed by atoms with E-state index < -0.39 is 0 Å². The predicted octanol–water partition coefficient (Wildman–Crippen LogP) is 0.992. The first kappa shape index (κ1) is 10.6. The summed E-state index contributed by atoms with van der Waals surface area (Å²) in [5, 5.41) is 0. The van der Waals surface area contributed by atoms with Gasteiger partial charge in [-0.1, -0.05) is 0 Å². The molecule has 1 saturated heterocycles. The third kappa shape index (κ3) is 2.79. The number of hydrogen-bond acceptors (Lipinski definition) is 3. The van der Waals surface area contributed by atoms with Crippen molar-refractivity contribution in [3.63, 3.8) is 0 Å². The molecule has 0 aliphatic carbocycles. The quantitative estimate of drug-likeness (QED) is 0.743. The van der Waals surface area contributed by atoms with E-state index in [0.717, 1.165) is 26.2 Å². The Morgan fingerprint density at radius 3 is 3.07 bits per heavy atom. The molecule has 0 N–H and O–H groups in total. The van der Waals surface area contributed by atoms with E-state index in [2.05, 4.69) is 28.3 Å². The first-order valence-electron chi connectivity index (χ1n) is 5.57. The number of hydrogen-bond donors (Lipinski definition) is 0. The largest absolute Gasteiger partial charge is 0.374 e. The van der Waals surface area contributed by atoms with Crippen LogP contribution in [0.2, 0.25) is 0 Å². The van der Waals surface area contributed by atoms with Crippen LogP contribution < -0.4 is 0 Å². The summed E-state index contributed by atoms with van der Waals surface area (Å²) in [7, 11) is 0. The van der Waals surface area contributed by atoms with Crippen molar-refractivity contribution >= 4 is 0 Å². The Morgan fingerprint density at radius 1 is 1.53 bits per heavy atom. The Balaban J connectivity index is 1.88. The first-order valence-corrected chi connectivity index (χ1v) is 5.57. The molecule has 1 aliphatic heterocycles. The van der Waals surface area contributed by atoms with Gasteiger partial charge in [-0.25, -0.2) is 4.98 Å². The van der Waals surface area contributed by atoms with Crippen molar-refractivity contribution in [3.05, 3.63) is 18.7 Å². The van der Waals surface area contributed by atoms with E-state index in [0.29, 0.717) is 12.1 Å². The Bertz CT molecular complexity index is 284. The molecule has 15 heavy (non-hydrogen) atoms. The fraction of sp³-hybridized carbons (Fsp3) is 0.727. The molecule has 0 unspecified atom stereocenters. The van der Waals surface area contributed by atoms with Crippen LogP contribution in [0.4, 0.5) is 0 Å². The Morgan fingerprint density at radius 2 is 2.40 bits per heavy atom. The minimum Gasteiger partial charge on any atom is -0.374 e. The van der Waals surface area contributed by atoms with Crippen molar-refractivity contribution in [3.8, 4) is 0 Å². The number of nitrogens with zero attached hydrogens (tertiary/aromatic N) is 3. The summed E-state index contributed by atoms with van der Waals surface area (Å²) in [6.45, 7) is 8.30. The van der Waals surface area contributed by atoms with Crippen molar-refractivity contribution in [1.29, 1.82) is 0 Å². The monoisotopic (exact) mass is 209 g/mol. The summed E-state index contributed by atoms with van der Waals surface area (Å²) in [5.74, 6) is 0. The lowest BCUT2D eigenvalue weighted by molar-refractivity contribution is -0.0456. The van der Waals surface area contributed by atoms with Crippen LogP contribution in [0.3, 0.4) is 0 Å². The summed E-state index contributed by atoms with van der Waals surface area (Å²) in [6, 6.07) is 0.610. The van der Waals surface area contributed by atoms with Crippen LogP contribution >= 0.6 is 0 Å². The number of morpholine rings is 1. The maximum Gasteiger partial charge on any atom is 0.0946 e. The van der Waals surface area contributed by atoms with Gasteiger partial charge in [0.15, 0.2) is 0 Å². The van der Waals surface area contributed by atoms with Crippen molar-refractivity contribution in [2.24, 2.45) is 0 Å². The molecule has 1 aromatic rings. The van der Waals surface area contributed by atoms with Gasteiger partial charge >= 0.3 is 0 Å². The zero-order chi connectivity index (χ0) is 10.7. The molecule has 84 valence electrons. The Hall–Kier alpha value is -0.870. The molecule has 2 rings (SSSR count). The SMILES string of the molecule is CC(C)N1CCO[C@@H](Cn2ccnc2)C1. The van der Waals surface area contributed by atoms with Gasteiger partial charge < -0.3 is 9.30 Å². The molecule has 2 heterocycles. The fourth-order valence-corrected chi connectivity index (χ4v) is 1.95. The molecule has 1 aliphatic rings. The van der Waals surface area contributed by atoms with Gasteiger partial charge in [0.1, 0.15) is 0 Å². The van der Waals surface area contributed by atoms with E-state index in [1.807, 2.05) is 18.7 Å². The van der Waals surface area contributed by atoms with Crippen LogP contribution in [-0.2, 0) is 11.3 Å². The van der Waals surface area contributed by atoms with Crippen molar-refractivity contribution < 1.29 is 4.74 Å². The van der Waals surface area contributed by atoms with E-state index in [-0.39, 0.29) is 0 Å². The molecule has 1 atom stereocenters. The summed E-state index contributed by atoms with van der Waals surface area (Å²) < 4.78 is 7.82. The van der Waals surface area contributed by atoms with E-state index in [1.165, 1.54) is 0 Å². The Labute approximate surface area is 90.9 Å². The smallest absolute Gasteiger partial charge is 0.0946 e. The van der Waals surface area contributed by atoms with E-state index in [4.69, 9.17) is 4.74 Å². The molecule has 0 radical (unpaired) electrons. The molecule has 0 aromatic carbocycles. The van der Waals surface area contributed by atoms with Crippen LogP contribution in [0, 0.1) is 0 Å². The average Bonchev–Trinajstić information content (AvgIpc) is 2.71. The lowest BCUT2D eigenvalue weighted by Gasteiger charge is -2.35. The topological polar surface area (TPSA) is 30.3 Å². The average molecular weight is 209 g/mol. The van der Waals surface area contributed by atoms with Gasteiger partial charge in [-0.05, 0) is 13.8 Å². The normalized spacial score (nSPS) is 23.5. The highest BCUT2D eigenvalue weighted by Crippen LogP contribution is 2.10. The van der Waals surface area contributed by atoms with Crippen LogP contribution in [-0.4, -0.2) is 46.3 Å². The van der Waals surface area contributed by atoms with Gasteiger partial charge in [-0.2, -0.15) is 0 Å². The van der Waals surface area contributed by atoms with Crippen molar-refractivity contribution in [2.45, 2.75) is 32.5 Å². The van der Waals surface area contributed by atoms with Gasteiger partial charge in [0, 0.05) is 31.5 Å². The number of ether oxygens (including phenoxy) is 1. The molecule has 0 bridgehead atoms. The molecular formula is C11H19N3O. The molecule has 1 aromatic heterocycles. The van der Waals surface area contributed by atoms with Crippen molar-refractivity contribution in [1.82, 2.24) is 14.5 Å². The second-order valence-electron chi connectivity index (χ2n) is 4.34.